The predicted octanol–water partition coefficient (Wildman–Crippen LogP) is 3.33. The molecule has 0 fully saturated rings. The Balaban J connectivity index is 1.85. The van der Waals surface area contributed by atoms with Crippen LogP contribution in [0.25, 0.3) is 0 Å². The Kier molecular flexibility index (Phi) is 7.65. The third kappa shape index (κ3) is 6.52. The highest BCUT2D eigenvalue weighted by atomic mass is 32.2. The van der Waals surface area contributed by atoms with Gasteiger partial charge >= 0.3 is 5.97 Å². The van der Waals surface area contributed by atoms with Crippen LogP contribution in [-0.2, 0) is 32.2 Å². The van der Waals surface area contributed by atoms with E-state index in [0.29, 0.717) is 17.7 Å². The van der Waals surface area contributed by atoms with Crippen LogP contribution in [0.1, 0.15) is 40.2 Å². The lowest BCUT2D eigenvalue weighted by Crippen LogP contribution is -2.19. The predicted molar refractivity (Wildman–Crippen MR) is 119 cm³/mol. The SMILES string of the molecule is CCOC(=O)c1cnc(CC(=O)C(Cc2ccc(F)cc2)c2ccc(S(C)(=O)=O)cc2)cn1. The fraction of sp³-hybridized carbons (Fsp3) is 0.250. The number of Topliss-reactive ketones (excluding diaryl/α,β-unsaturated/α-hetero) is 1. The van der Waals surface area contributed by atoms with Gasteiger partial charge in [0.2, 0.25) is 0 Å². The van der Waals surface area contributed by atoms with Gasteiger partial charge in [0.1, 0.15) is 11.6 Å². The summed E-state index contributed by atoms with van der Waals surface area (Å²) < 4.78 is 41.7. The molecular weight excluding hydrogens is 447 g/mol. The van der Waals surface area contributed by atoms with Crippen LogP contribution in [0.4, 0.5) is 4.39 Å². The summed E-state index contributed by atoms with van der Waals surface area (Å²) in [6.45, 7) is 1.89. The van der Waals surface area contributed by atoms with Gasteiger partial charge in [-0.3, -0.25) is 9.78 Å². The smallest absolute Gasteiger partial charge is 0.358 e. The average Bonchev–Trinajstić information content (AvgIpc) is 2.79. The molecule has 1 atom stereocenters. The van der Waals surface area contributed by atoms with Crippen molar-refractivity contribution >= 4 is 21.6 Å². The third-order valence-corrected chi connectivity index (χ3v) is 6.13. The van der Waals surface area contributed by atoms with E-state index in [9.17, 15) is 22.4 Å². The minimum atomic E-state index is -3.38. The maximum absolute atomic E-state index is 13.3. The van der Waals surface area contributed by atoms with Gasteiger partial charge < -0.3 is 4.74 Å². The number of hydrogen-bond donors (Lipinski definition) is 0. The van der Waals surface area contributed by atoms with Crippen LogP contribution >= 0.6 is 0 Å². The maximum atomic E-state index is 13.3. The molecule has 0 saturated heterocycles. The van der Waals surface area contributed by atoms with Crippen molar-refractivity contribution in [3.05, 3.63) is 89.3 Å². The second-order valence-corrected chi connectivity index (χ2v) is 9.50. The summed E-state index contributed by atoms with van der Waals surface area (Å²) in [4.78, 5) is 33.3. The first-order valence-electron chi connectivity index (χ1n) is 10.2. The van der Waals surface area contributed by atoms with Gasteiger partial charge in [-0.15, -0.1) is 0 Å². The van der Waals surface area contributed by atoms with Crippen LogP contribution < -0.4 is 0 Å². The van der Waals surface area contributed by atoms with Crippen LogP contribution in [0.2, 0.25) is 0 Å². The quantitative estimate of drug-likeness (QED) is 0.442. The number of esters is 1. The Labute approximate surface area is 191 Å². The second kappa shape index (κ2) is 10.4. The lowest BCUT2D eigenvalue weighted by atomic mass is 9.86. The monoisotopic (exact) mass is 470 g/mol. The molecule has 0 aliphatic carbocycles. The average molecular weight is 471 g/mol. The van der Waals surface area contributed by atoms with E-state index in [1.54, 1.807) is 31.2 Å². The van der Waals surface area contributed by atoms with Crippen molar-refractivity contribution in [3.63, 3.8) is 0 Å². The number of carbonyl (C=O) groups is 2. The highest BCUT2D eigenvalue weighted by Gasteiger charge is 2.23. The molecule has 0 N–H and O–H groups in total. The van der Waals surface area contributed by atoms with E-state index < -0.39 is 21.7 Å². The molecule has 0 saturated carbocycles. The summed E-state index contributed by atoms with van der Waals surface area (Å²) >= 11 is 0. The molecule has 7 nitrogen and oxygen atoms in total. The number of rotatable bonds is 9. The van der Waals surface area contributed by atoms with Gasteiger partial charge in [0, 0.05) is 18.4 Å². The molecule has 2 aromatic carbocycles. The van der Waals surface area contributed by atoms with Crippen molar-refractivity contribution in [1.29, 1.82) is 0 Å². The molecule has 172 valence electrons. The number of aromatic nitrogens is 2. The van der Waals surface area contributed by atoms with E-state index in [4.69, 9.17) is 4.74 Å². The van der Waals surface area contributed by atoms with Gasteiger partial charge in [0.05, 0.1) is 29.8 Å². The molecule has 0 spiro atoms. The highest BCUT2D eigenvalue weighted by molar-refractivity contribution is 7.90. The standard InChI is InChI=1S/C24H23FN2O5S/c1-3-32-24(29)22-15-26-19(14-27-22)13-23(28)21(12-16-4-8-18(25)9-5-16)17-6-10-20(11-7-17)33(2,30)31/h4-11,14-15,21H,3,12-13H2,1-2H3. The van der Waals surface area contributed by atoms with Crippen LogP contribution in [0.5, 0.6) is 0 Å². The highest BCUT2D eigenvalue weighted by Crippen LogP contribution is 2.25. The minimum absolute atomic E-state index is 0.0458. The Morgan fingerprint density at radius 3 is 2.21 bits per heavy atom. The summed E-state index contributed by atoms with van der Waals surface area (Å²) in [6, 6.07) is 12.0. The summed E-state index contributed by atoms with van der Waals surface area (Å²) in [7, 11) is -3.38. The Morgan fingerprint density at radius 1 is 1.00 bits per heavy atom. The first-order valence-corrected chi connectivity index (χ1v) is 12.1. The number of ketones is 1. The Bertz CT molecular complexity index is 1230. The number of hydrogen-bond acceptors (Lipinski definition) is 7. The van der Waals surface area contributed by atoms with E-state index >= 15 is 0 Å². The van der Waals surface area contributed by atoms with E-state index in [-0.39, 0.29) is 35.2 Å². The number of carbonyl (C=O) groups excluding carboxylic acids is 2. The van der Waals surface area contributed by atoms with E-state index in [1.165, 1.54) is 36.7 Å². The molecule has 0 aliphatic heterocycles. The van der Waals surface area contributed by atoms with Gasteiger partial charge in [-0.05, 0) is 48.7 Å². The molecule has 0 aliphatic rings. The normalized spacial score (nSPS) is 12.2. The molecule has 0 bridgehead atoms. The number of halogens is 1. The van der Waals surface area contributed by atoms with Crippen molar-refractivity contribution in [3.8, 4) is 0 Å². The zero-order valence-corrected chi connectivity index (χ0v) is 19.0. The molecule has 1 aromatic heterocycles. The molecule has 33 heavy (non-hydrogen) atoms. The van der Waals surface area contributed by atoms with E-state index in [0.717, 1.165) is 11.8 Å². The van der Waals surface area contributed by atoms with Gasteiger partial charge in [-0.2, -0.15) is 0 Å². The number of nitrogens with zero attached hydrogens (tertiary/aromatic N) is 2. The summed E-state index contributed by atoms with van der Waals surface area (Å²) in [5.74, 6) is -1.76. The zero-order chi connectivity index (χ0) is 24.0. The lowest BCUT2D eigenvalue weighted by Gasteiger charge is -2.17. The number of ether oxygens (including phenoxy) is 1. The number of benzene rings is 2. The molecular formula is C24H23FN2O5S. The maximum Gasteiger partial charge on any atom is 0.358 e. The fourth-order valence-corrected chi connectivity index (χ4v) is 3.91. The Morgan fingerprint density at radius 2 is 1.67 bits per heavy atom. The molecule has 3 rings (SSSR count). The van der Waals surface area contributed by atoms with Crippen LogP contribution in [0.15, 0.2) is 65.8 Å². The summed E-state index contributed by atoms with van der Waals surface area (Å²) in [6.07, 6.45) is 3.98. The van der Waals surface area contributed by atoms with Crippen molar-refractivity contribution in [2.45, 2.75) is 30.6 Å². The van der Waals surface area contributed by atoms with Crippen LogP contribution in [0, 0.1) is 5.82 Å². The molecule has 0 radical (unpaired) electrons. The van der Waals surface area contributed by atoms with Crippen LogP contribution in [0.3, 0.4) is 0 Å². The first kappa shape index (κ1) is 24.2. The summed E-state index contributed by atoms with van der Waals surface area (Å²) in [5, 5.41) is 0. The van der Waals surface area contributed by atoms with Crippen molar-refractivity contribution in [2.75, 3.05) is 12.9 Å². The van der Waals surface area contributed by atoms with E-state index in [2.05, 4.69) is 9.97 Å². The minimum Gasteiger partial charge on any atom is -0.461 e. The zero-order valence-electron chi connectivity index (χ0n) is 18.2. The van der Waals surface area contributed by atoms with Crippen molar-refractivity contribution < 1.29 is 27.1 Å². The topological polar surface area (TPSA) is 103 Å². The van der Waals surface area contributed by atoms with Gasteiger partial charge in [0.25, 0.3) is 0 Å². The fourth-order valence-electron chi connectivity index (χ4n) is 3.28. The molecule has 1 unspecified atom stereocenters. The van der Waals surface area contributed by atoms with Gasteiger partial charge in [0.15, 0.2) is 15.5 Å². The molecule has 9 heteroatoms. The Hall–Kier alpha value is -3.46. The van der Waals surface area contributed by atoms with E-state index in [1.807, 2.05) is 0 Å². The number of sulfone groups is 1. The van der Waals surface area contributed by atoms with Crippen molar-refractivity contribution in [1.82, 2.24) is 9.97 Å². The van der Waals surface area contributed by atoms with Gasteiger partial charge in [-0.25, -0.2) is 22.6 Å². The molecule has 0 amide bonds. The van der Waals surface area contributed by atoms with Gasteiger partial charge in [-0.1, -0.05) is 24.3 Å². The first-order chi connectivity index (χ1) is 15.7. The van der Waals surface area contributed by atoms with Crippen LogP contribution in [-0.4, -0.2) is 43.0 Å². The molecule has 3 aromatic rings. The lowest BCUT2D eigenvalue weighted by molar-refractivity contribution is -0.119. The largest absolute Gasteiger partial charge is 0.461 e. The second-order valence-electron chi connectivity index (χ2n) is 7.48. The molecule has 1 heterocycles. The van der Waals surface area contributed by atoms with Crippen molar-refractivity contribution in [2.24, 2.45) is 0 Å². The summed E-state index contributed by atoms with van der Waals surface area (Å²) in [5.41, 5.74) is 1.82. The third-order valence-electron chi connectivity index (χ3n) is 5.00.